The number of aliphatic hydroxyl groups is 1. The first kappa shape index (κ1) is 19.2. The first-order valence-corrected chi connectivity index (χ1v) is 10.2. The fraction of sp³-hybridized carbons (Fsp3) is 0.706. The van der Waals surface area contributed by atoms with Gasteiger partial charge in [0, 0.05) is 25.9 Å². The van der Waals surface area contributed by atoms with Crippen molar-refractivity contribution in [1.29, 1.82) is 0 Å². The molecule has 3 heterocycles. The van der Waals surface area contributed by atoms with Gasteiger partial charge in [-0.05, 0) is 38.5 Å². The average molecular weight is 382 g/mol. The Kier molecular flexibility index (Phi) is 5.59. The van der Waals surface area contributed by atoms with Gasteiger partial charge in [0.2, 0.25) is 5.91 Å². The molecule has 2 saturated heterocycles. The Labute approximate surface area is 157 Å². The maximum atomic E-state index is 12.5. The number of aliphatic hydroxyl groups excluding tert-OH is 1. The Balaban J connectivity index is 1.67. The molecule has 144 valence electrons. The van der Waals surface area contributed by atoms with Gasteiger partial charge in [-0.25, -0.2) is 0 Å². The van der Waals surface area contributed by atoms with Gasteiger partial charge in [0.15, 0.2) is 0 Å². The van der Waals surface area contributed by atoms with Crippen molar-refractivity contribution in [3.05, 3.63) is 18.0 Å². The van der Waals surface area contributed by atoms with Crippen LogP contribution in [-0.2, 0) is 9.53 Å². The molecule has 8 nitrogen and oxygen atoms in total. The fourth-order valence-corrected chi connectivity index (χ4v) is 4.26. The zero-order valence-corrected chi connectivity index (χ0v) is 16.0. The van der Waals surface area contributed by atoms with E-state index >= 15 is 0 Å². The van der Waals surface area contributed by atoms with Crippen molar-refractivity contribution < 1.29 is 19.4 Å². The lowest BCUT2D eigenvalue weighted by atomic mass is 9.73. The number of piperidine rings is 1. The third-order valence-corrected chi connectivity index (χ3v) is 5.99. The highest BCUT2D eigenvalue weighted by molar-refractivity contribution is 7.99. The molecule has 1 aromatic heterocycles. The Morgan fingerprint density at radius 1 is 1.46 bits per heavy atom. The lowest BCUT2D eigenvalue weighted by Gasteiger charge is -2.53. The van der Waals surface area contributed by atoms with Crippen molar-refractivity contribution in [2.75, 3.05) is 31.7 Å². The molecule has 0 radical (unpaired) electrons. The number of nitrogens with zero attached hydrogens (tertiary/aromatic N) is 2. The summed E-state index contributed by atoms with van der Waals surface area (Å²) in [5, 5.41) is 20.6. The molecule has 0 saturated carbocycles. The number of H-pyrrole nitrogens is 1. The number of amides is 2. The van der Waals surface area contributed by atoms with Crippen LogP contribution >= 0.6 is 11.8 Å². The van der Waals surface area contributed by atoms with Crippen LogP contribution in [-0.4, -0.2) is 81.0 Å². The maximum absolute atomic E-state index is 12.5. The number of rotatable bonds is 4. The van der Waals surface area contributed by atoms with Gasteiger partial charge in [0.1, 0.15) is 11.8 Å². The number of thioether (sulfide) groups is 1. The van der Waals surface area contributed by atoms with Crippen LogP contribution in [0.1, 0.15) is 36.7 Å². The van der Waals surface area contributed by atoms with E-state index in [2.05, 4.69) is 15.5 Å². The van der Waals surface area contributed by atoms with E-state index in [1.807, 2.05) is 13.2 Å². The molecule has 0 aliphatic carbocycles. The molecule has 2 amide bonds. The second-order valence-corrected chi connectivity index (χ2v) is 8.09. The first-order chi connectivity index (χ1) is 12.4. The smallest absolute Gasteiger partial charge is 0.271 e. The van der Waals surface area contributed by atoms with Crippen LogP contribution in [0.2, 0.25) is 0 Å². The Morgan fingerprint density at radius 2 is 2.19 bits per heavy atom. The summed E-state index contributed by atoms with van der Waals surface area (Å²) >= 11 is 1.45. The molecule has 1 spiro atoms. The van der Waals surface area contributed by atoms with E-state index < -0.39 is 17.2 Å². The van der Waals surface area contributed by atoms with E-state index in [-0.39, 0.29) is 11.8 Å². The Morgan fingerprint density at radius 3 is 2.81 bits per heavy atom. The molecule has 2 aliphatic heterocycles. The van der Waals surface area contributed by atoms with E-state index in [9.17, 15) is 14.7 Å². The zero-order chi connectivity index (χ0) is 18.8. The molecule has 26 heavy (non-hydrogen) atoms. The Hall–Kier alpha value is -1.58. The van der Waals surface area contributed by atoms with Crippen LogP contribution in [0.4, 0.5) is 0 Å². The monoisotopic (exact) mass is 382 g/mol. The molecule has 0 unspecified atom stereocenters. The van der Waals surface area contributed by atoms with E-state index in [0.29, 0.717) is 50.4 Å². The van der Waals surface area contributed by atoms with Crippen molar-refractivity contribution in [3.8, 4) is 0 Å². The molecule has 3 rings (SSSR count). The highest BCUT2D eigenvalue weighted by atomic mass is 32.2. The van der Waals surface area contributed by atoms with Gasteiger partial charge in [0.05, 0.1) is 16.9 Å². The van der Waals surface area contributed by atoms with Crippen LogP contribution in [0.15, 0.2) is 12.3 Å². The predicted octanol–water partition coefficient (Wildman–Crippen LogP) is 0.404. The van der Waals surface area contributed by atoms with Gasteiger partial charge >= 0.3 is 0 Å². The number of aromatic amines is 1. The standard InChI is InChI=1S/C17H26N4O4S/c1-16(19-13(22)11-26-2)6-10-25-17(15(16)24)4-8-21(9-5-17)14(23)12-3-7-18-20-12/h3,7,15,24H,4-6,8-11H2,1-2H3,(H,18,20)(H,19,22)/t15-,16+/m0/s1. The minimum atomic E-state index is -0.820. The summed E-state index contributed by atoms with van der Waals surface area (Å²) in [5.74, 6) is 0.185. The summed E-state index contributed by atoms with van der Waals surface area (Å²) in [7, 11) is 0. The number of nitrogens with one attached hydrogen (secondary N) is 2. The number of ether oxygens (including phenoxy) is 1. The SMILES string of the molecule is CSCC(=O)N[C@]1(C)CCOC2(CCN(C(=O)c3ccn[nH]3)CC2)[C@H]1O. The third kappa shape index (κ3) is 3.60. The number of hydrogen-bond acceptors (Lipinski definition) is 6. The highest BCUT2D eigenvalue weighted by Gasteiger charge is 2.54. The number of carbonyl (C=O) groups excluding carboxylic acids is 2. The molecule has 3 N–H and O–H groups in total. The highest BCUT2D eigenvalue weighted by Crippen LogP contribution is 2.40. The molecule has 0 bridgehead atoms. The predicted molar refractivity (Wildman–Crippen MR) is 98.0 cm³/mol. The lowest BCUT2D eigenvalue weighted by molar-refractivity contribution is -0.205. The lowest BCUT2D eigenvalue weighted by Crippen LogP contribution is -2.69. The van der Waals surface area contributed by atoms with Gasteiger partial charge < -0.3 is 20.1 Å². The van der Waals surface area contributed by atoms with Gasteiger partial charge in [-0.3, -0.25) is 14.7 Å². The van der Waals surface area contributed by atoms with Gasteiger partial charge in [0.25, 0.3) is 5.91 Å². The molecule has 2 aliphatic rings. The Bertz CT molecular complexity index is 645. The normalized spacial score (nSPS) is 28.1. The van der Waals surface area contributed by atoms with E-state index in [4.69, 9.17) is 4.74 Å². The summed E-state index contributed by atoms with van der Waals surface area (Å²) in [5.41, 5.74) is -0.995. The van der Waals surface area contributed by atoms with Crippen molar-refractivity contribution in [2.45, 2.75) is 43.4 Å². The number of carbonyl (C=O) groups is 2. The topological polar surface area (TPSA) is 108 Å². The summed E-state index contributed by atoms with van der Waals surface area (Å²) in [6.07, 6.45) is 4.22. The molecule has 1 aromatic rings. The average Bonchev–Trinajstić information content (AvgIpc) is 3.15. The first-order valence-electron chi connectivity index (χ1n) is 8.81. The molecule has 9 heteroatoms. The number of likely N-dealkylation sites (tertiary alicyclic amines) is 1. The second-order valence-electron chi connectivity index (χ2n) is 7.23. The fourth-order valence-electron chi connectivity index (χ4n) is 3.93. The summed E-state index contributed by atoms with van der Waals surface area (Å²) < 4.78 is 6.01. The summed E-state index contributed by atoms with van der Waals surface area (Å²) in [4.78, 5) is 26.3. The minimum absolute atomic E-state index is 0.0806. The van der Waals surface area contributed by atoms with Crippen molar-refractivity contribution >= 4 is 23.6 Å². The maximum Gasteiger partial charge on any atom is 0.271 e. The quantitative estimate of drug-likeness (QED) is 0.696. The largest absolute Gasteiger partial charge is 0.388 e. The van der Waals surface area contributed by atoms with Crippen LogP contribution < -0.4 is 5.32 Å². The van der Waals surface area contributed by atoms with Crippen LogP contribution in [0.25, 0.3) is 0 Å². The van der Waals surface area contributed by atoms with Gasteiger partial charge in [-0.1, -0.05) is 0 Å². The van der Waals surface area contributed by atoms with E-state index in [1.165, 1.54) is 11.8 Å². The van der Waals surface area contributed by atoms with Crippen LogP contribution in [0, 0.1) is 0 Å². The molecular weight excluding hydrogens is 356 g/mol. The van der Waals surface area contributed by atoms with Crippen LogP contribution in [0.3, 0.4) is 0 Å². The second kappa shape index (κ2) is 7.58. The summed E-state index contributed by atoms with van der Waals surface area (Å²) in [6.45, 7) is 3.33. The minimum Gasteiger partial charge on any atom is -0.388 e. The van der Waals surface area contributed by atoms with Crippen molar-refractivity contribution in [2.24, 2.45) is 0 Å². The van der Waals surface area contributed by atoms with Gasteiger partial charge in [-0.15, -0.1) is 0 Å². The van der Waals surface area contributed by atoms with E-state index in [0.717, 1.165) is 0 Å². The molecule has 2 fully saturated rings. The number of aromatic nitrogens is 2. The van der Waals surface area contributed by atoms with Crippen molar-refractivity contribution in [3.63, 3.8) is 0 Å². The zero-order valence-electron chi connectivity index (χ0n) is 15.2. The van der Waals surface area contributed by atoms with E-state index in [1.54, 1.807) is 17.2 Å². The van der Waals surface area contributed by atoms with Crippen LogP contribution in [0.5, 0.6) is 0 Å². The number of hydrogen-bond donors (Lipinski definition) is 3. The third-order valence-electron chi connectivity index (χ3n) is 5.44. The van der Waals surface area contributed by atoms with Crippen molar-refractivity contribution in [1.82, 2.24) is 20.4 Å². The molecule has 2 atom stereocenters. The van der Waals surface area contributed by atoms with Gasteiger partial charge in [-0.2, -0.15) is 16.9 Å². The summed E-state index contributed by atoms with van der Waals surface area (Å²) in [6, 6.07) is 1.65. The molecular formula is C17H26N4O4S. The molecule has 0 aromatic carbocycles.